The van der Waals surface area contributed by atoms with Crippen molar-refractivity contribution in [1.82, 2.24) is 9.80 Å². The molecule has 2 aromatic carbocycles. The van der Waals surface area contributed by atoms with Gasteiger partial charge in [-0.15, -0.1) is 0 Å². The molecule has 0 unspecified atom stereocenters. The van der Waals surface area contributed by atoms with Crippen molar-refractivity contribution in [2.24, 2.45) is 0 Å². The van der Waals surface area contributed by atoms with Gasteiger partial charge in [0.15, 0.2) is 6.61 Å². The third kappa shape index (κ3) is 6.41. The molecule has 11 heteroatoms. The van der Waals surface area contributed by atoms with Crippen LogP contribution in [-0.2, 0) is 19.1 Å². The Morgan fingerprint density at radius 3 is 2.66 bits per heavy atom. The first-order chi connectivity index (χ1) is 16.9. The Balaban J connectivity index is 1.36. The van der Waals surface area contributed by atoms with Gasteiger partial charge in [-0.05, 0) is 47.7 Å². The average Bonchev–Trinajstić information content (AvgIpc) is 3.12. The van der Waals surface area contributed by atoms with Crippen LogP contribution in [0, 0.1) is 0 Å². The summed E-state index contributed by atoms with van der Waals surface area (Å²) in [5, 5.41) is 2.60. The number of nitrogens with zero attached hydrogens (tertiary/aromatic N) is 2. The number of imide groups is 1. The number of carbonyl (C=O) groups is 4. The lowest BCUT2D eigenvalue weighted by molar-refractivity contribution is -0.139. The smallest absolute Gasteiger partial charge is 0.294 e. The summed E-state index contributed by atoms with van der Waals surface area (Å²) in [5.41, 5.74) is 1.10. The molecule has 2 fully saturated rings. The van der Waals surface area contributed by atoms with Gasteiger partial charge in [0, 0.05) is 13.1 Å². The molecule has 0 radical (unpaired) electrons. The average molecular weight is 516 g/mol. The van der Waals surface area contributed by atoms with E-state index in [1.54, 1.807) is 59.5 Å². The normalized spacial score (nSPS) is 17.1. The number of morpholine rings is 1. The fraction of sp³-hybridized carbons (Fsp3) is 0.250. The Morgan fingerprint density at radius 1 is 1.11 bits per heavy atom. The summed E-state index contributed by atoms with van der Waals surface area (Å²) in [6.45, 7) is 1.21. The van der Waals surface area contributed by atoms with Gasteiger partial charge < -0.3 is 19.7 Å². The van der Waals surface area contributed by atoms with Crippen LogP contribution >= 0.6 is 23.4 Å². The van der Waals surface area contributed by atoms with Crippen LogP contribution in [0.25, 0.3) is 6.08 Å². The summed E-state index contributed by atoms with van der Waals surface area (Å²) in [6.07, 6.45) is 1.56. The van der Waals surface area contributed by atoms with Gasteiger partial charge in [0.2, 0.25) is 5.91 Å². The summed E-state index contributed by atoms with van der Waals surface area (Å²) < 4.78 is 10.8. The van der Waals surface area contributed by atoms with E-state index < -0.39 is 11.1 Å². The first-order valence-electron chi connectivity index (χ1n) is 10.8. The zero-order chi connectivity index (χ0) is 24.8. The molecule has 1 N–H and O–H groups in total. The molecule has 2 aromatic rings. The van der Waals surface area contributed by atoms with Crippen LogP contribution in [0.5, 0.6) is 5.75 Å². The fourth-order valence-electron chi connectivity index (χ4n) is 3.43. The Hall–Kier alpha value is -3.34. The highest BCUT2D eigenvalue weighted by Crippen LogP contribution is 2.32. The minimum atomic E-state index is -0.521. The molecule has 0 aromatic heterocycles. The molecule has 0 aliphatic carbocycles. The van der Waals surface area contributed by atoms with Crippen molar-refractivity contribution in [2.45, 2.75) is 0 Å². The molecule has 2 saturated heterocycles. The van der Waals surface area contributed by atoms with E-state index in [0.29, 0.717) is 48.3 Å². The van der Waals surface area contributed by atoms with Crippen LogP contribution in [0.15, 0.2) is 53.4 Å². The lowest BCUT2D eigenvalue weighted by Crippen LogP contribution is -2.46. The SMILES string of the molecule is O=C(COc1cccc(/C=C2\SC(=O)N(CC(=O)N3CCOCC3)C2=O)c1)Nc1ccccc1Cl. The van der Waals surface area contributed by atoms with Gasteiger partial charge in [0.05, 0.1) is 28.8 Å². The van der Waals surface area contributed by atoms with Crippen molar-refractivity contribution in [3.63, 3.8) is 0 Å². The number of rotatable bonds is 7. The summed E-state index contributed by atoms with van der Waals surface area (Å²) in [5.74, 6) is -0.779. The van der Waals surface area contributed by atoms with Gasteiger partial charge in [0.25, 0.3) is 17.1 Å². The first kappa shape index (κ1) is 24.8. The number of halogens is 1. The van der Waals surface area contributed by atoms with E-state index >= 15 is 0 Å². The molecule has 9 nitrogen and oxygen atoms in total. The van der Waals surface area contributed by atoms with Crippen molar-refractivity contribution in [1.29, 1.82) is 0 Å². The Kier molecular flexibility index (Phi) is 8.06. The van der Waals surface area contributed by atoms with Crippen LogP contribution in [0.1, 0.15) is 5.56 Å². The minimum Gasteiger partial charge on any atom is -0.484 e. The van der Waals surface area contributed by atoms with Gasteiger partial charge in [-0.25, -0.2) is 0 Å². The van der Waals surface area contributed by atoms with E-state index in [-0.39, 0.29) is 29.9 Å². The topological polar surface area (TPSA) is 105 Å². The molecular formula is C24H22ClN3O6S. The second-order valence-electron chi connectivity index (χ2n) is 7.65. The molecular weight excluding hydrogens is 494 g/mol. The number of thioether (sulfide) groups is 1. The van der Waals surface area contributed by atoms with Gasteiger partial charge in [0.1, 0.15) is 12.3 Å². The van der Waals surface area contributed by atoms with Gasteiger partial charge in [-0.2, -0.15) is 0 Å². The number of amides is 4. The number of benzene rings is 2. The summed E-state index contributed by atoms with van der Waals surface area (Å²) >= 11 is 6.82. The molecule has 0 saturated carbocycles. The largest absolute Gasteiger partial charge is 0.484 e. The van der Waals surface area contributed by atoms with Crippen molar-refractivity contribution in [2.75, 3.05) is 44.8 Å². The predicted molar refractivity (Wildman–Crippen MR) is 132 cm³/mol. The van der Waals surface area contributed by atoms with Gasteiger partial charge in [-0.1, -0.05) is 35.9 Å². The second-order valence-corrected chi connectivity index (χ2v) is 9.05. The molecule has 4 rings (SSSR count). The Morgan fingerprint density at radius 2 is 1.89 bits per heavy atom. The number of hydrogen-bond acceptors (Lipinski definition) is 7. The van der Waals surface area contributed by atoms with Crippen molar-refractivity contribution in [3.8, 4) is 5.75 Å². The number of carbonyl (C=O) groups excluding carboxylic acids is 4. The van der Waals surface area contributed by atoms with Crippen molar-refractivity contribution < 1.29 is 28.7 Å². The minimum absolute atomic E-state index is 0.207. The molecule has 2 aliphatic heterocycles. The van der Waals surface area contributed by atoms with E-state index in [2.05, 4.69) is 5.32 Å². The number of anilines is 1. The first-order valence-corrected chi connectivity index (χ1v) is 12.0. The fourth-order valence-corrected chi connectivity index (χ4v) is 4.45. The zero-order valence-corrected chi connectivity index (χ0v) is 20.1. The number of hydrogen-bond donors (Lipinski definition) is 1. The maximum Gasteiger partial charge on any atom is 0.294 e. The predicted octanol–water partition coefficient (Wildman–Crippen LogP) is 3.25. The van der Waals surface area contributed by atoms with Gasteiger partial charge >= 0.3 is 0 Å². The summed E-state index contributed by atoms with van der Waals surface area (Å²) in [7, 11) is 0. The molecule has 0 bridgehead atoms. The third-order valence-corrected chi connectivity index (χ3v) is 6.44. The highest BCUT2D eigenvalue weighted by atomic mass is 35.5. The maximum atomic E-state index is 12.8. The van der Waals surface area contributed by atoms with Crippen LogP contribution < -0.4 is 10.1 Å². The maximum absolute atomic E-state index is 12.8. The standard InChI is InChI=1S/C24H22ClN3O6S/c25-18-6-1-2-7-19(18)26-21(29)15-34-17-5-3-4-16(12-17)13-20-23(31)28(24(32)35-20)14-22(30)27-8-10-33-11-9-27/h1-7,12-13H,8-11,14-15H2,(H,26,29)/b20-13-. The number of para-hydroxylation sites is 1. The highest BCUT2D eigenvalue weighted by molar-refractivity contribution is 8.18. The van der Waals surface area contributed by atoms with E-state index in [1.165, 1.54) is 0 Å². The van der Waals surface area contributed by atoms with Crippen molar-refractivity contribution in [3.05, 3.63) is 64.0 Å². The lowest BCUT2D eigenvalue weighted by atomic mass is 10.2. The summed E-state index contributed by atoms with van der Waals surface area (Å²) in [4.78, 5) is 52.5. The highest BCUT2D eigenvalue weighted by Gasteiger charge is 2.37. The molecule has 182 valence electrons. The number of nitrogens with one attached hydrogen (secondary N) is 1. The van der Waals surface area contributed by atoms with E-state index in [9.17, 15) is 19.2 Å². The van der Waals surface area contributed by atoms with E-state index in [0.717, 1.165) is 16.7 Å². The monoisotopic (exact) mass is 515 g/mol. The van der Waals surface area contributed by atoms with Crippen LogP contribution in [0.3, 0.4) is 0 Å². The quantitative estimate of drug-likeness (QED) is 0.564. The zero-order valence-electron chi connectivity index (χ0n) is 18.6. The van der Waals surface area contributed by atoms with Crippen LogP contribution in [0.2, 0.25) is 5.02 Å². The van der Waals surface area contributed by atoms with E-state index in [4.69, 9.17) is 21.1 Å². The van der Waals surface area contributed by atoms with Crippen molar-refractivity contribution >= 4 is 58.1 Å². The lowest BCUT2D eigenvalue weighted by Gasteiger charge is -2.28. The molecule has 4 amide bonds. The van der Waals surface area contributed by atoms with E-state index in [1.807, 2.05) is 0 Å². The Labute approximate surface area is 211 Å². The van der Waals surface area contributed by atoms with Gasteiger partial charge in [-0.3, -0.25) is 24.1 Å². The Bertz CT molecular complexity index is 1180. The second kappa shape index (κ2) is 11.4. The molecule has 0 spiro atoms. The van der Waals surface area contributed by atoms with Crippen LogP contribution in [-0.4, -0.2) is 72.2 Å². The molecule has 35 heavy (non-hydrogen) atoms. The van der Waals surface area contributed by atoms with Crippen LogP contribution in [0.4, 0.5) is 10.5 Å². The third-order valence-electron chi connectivity index (χ3n) is 5.20. The molecule has 0 atom stereocenters. The number of ether oxygens (including phenoxy) is 2. The molecule has 2 heterocycles. The molecule has 2 aliphatic rings. The summed E-state index contributed by atoms with van der Waals surface area (Å²) in [6, 6.07) is 13.6.